The monoisotopic (exact) mass is 397 g/mol. The van der Waals surface area contributed by atoms with Crippen LogP contribution >= 0.6 is 11.6 Å². The molecule has 1 aliphatic heterocycles. The first kappa shape index (κ1) is 18.7. The zero-order valence-corrected chi connectivity index (χ0v) is 16.0. The minimum atomic E-state index is -0.518. The van der Waals surface area contributed by atoms with Crippen LogP contribution < -0.4 is 5.32 Å². The quantitative estimate of drug-likeness (QED) is 0.627. The highest BCUT2D eigenvalue weighted by atomic mass is 35.5. The van der Waals surface area contributed by atoms with Crippen molar-refractivity contribution in [1.29, 1.82) is 0 Å². The highest BCUT2D eigenvalue weighted by molar-refractivity contribution is 6.31. The Morgan fingerprint density at radius 3 is 2.64 bits per heavy atom. The van der Waals surface area contributed by atoms with Crippen LogP contribution in [0.3, 0.4) is 0 Å². The summed E-state index contributed by atoms with van der Waals surface area (Å²) in [4.78, 5) is 21.8. The number of aromatic nitrogens is 2. The molecule has 0 saturated carbocycles. The van der Waals surface area contributed by atoms with Gasteiger partial charge in [-0.15, -0.1) is 0 Å². The Labute approximate surface area is 167 Å². The van der Waals surface area contributed by atoms with E-state index >= 15 is 0 Å². The van der Waals surface area contributed by atoms with Gasteiger partial charge in [0.05, 0.1) is 17.1 Å². The molecule has 0 spiro atoms. The van der Waals surface area contributed by atoms with Gasteiger partial charge >= 0.3 is 5.97 Å². The summed E-state index contributed by atoms with van der Waals surface area (Å²) in [5, 5.41) is 3.83. The fraction of sp³-hybridized carbons (Fsp3) is 0.286. The van der Waals surface area contributed by atoms with Crippen molar-refractivity contribution in [2.45, 2.75) is 25.5 Å². The van der Waals surface area contributed by atoms with E-state index in [9.17, 15) is 4.79 Å². The molecular formula is C21H20ClN3O3. The molecule has 1 aliphatic rings. The number of carbonyl (C=O) groups is 1. The van der Waals surface area contributed by atoms with Crippen molar-refractivity contribution in [3.05, 3.63) is 64.8 Å². The Hall–Kier alpha value is -2.70. The van der Waals surface area contributed by atoms with Crippen LogP contribution in [0.5, 0.6) is 0 Å². The number of para-hydroxylation sites is 2. The highest BCUT2D eigenvalue weighted by Gasteiger charge is 2.22. The lowest BCUT2D eigenvalue weighted by atomic mass is 10.2. The summed E-state index contributed by atoms with van der Waals surface area (Å²) in [5.41, 5.74) is 2.39. The Kier molecular flexibility index (Phi) is 5.69. The second-order valence-electron chi connectivity index (χ2n) is 6.59. The van der Waals surface area contributed by atoms with Gasteiger partial charge in [0.1, 0.15) is 6.61 Å². The smallest absolute Gasteiger partial charge is 0.360 e. The second kappa shape index (κ2) is 8.54. The van der Waals surface area contributed by atoms with Crippen LogP contribution in [0.4, 0.5) is 5.82 Å². The molecule has 2 aromatic carbocycles. The third-order valence-electron chi connectivity index (χ3n) is 4.59. The summed E-state index contributed by atoms with van der Waals surface area (Å²) >= 11 is 6.23. The number of hydrogen-bond donors (Lipinski definition) is 1. The number of hydrogen-bond acceptors (Lipinski definition) is 6. The SMILES string of the molecule is O=C(OC[C@H]1CCCO1)c1nc2ccccc2nc1NCc1ccccc1Cl. The van der Waals surface area contributed by atoms with E-state index in [1.165, 1.54) is 0 Å². The van der Waals surface area contributed by atoms with Crippen LogP contribution in [0.15, 0.2) is 48.5 Å². The number of esters is 1. The Morgan fingerprint density at radius 1 is 1.14 bits per heavy atom. The third kappa shape index (κ3) is 4.24. The summed E-state index contributed by atoms with van der Waals surface area (Å²) in [5.74, 6) is -0.147. The van der Waals surface area contributed by atoms with Crippen LogP contribution in [0, 0.1) is 0 Å². The second-order valence-corrected chi connectivity index (χ2v) is 7.00. The molecule has 0 aliphatic carbocycles. The molecule has 0 radical (unpaired) electrons. The molecule has 6 nitrogen and oxygen atoms in total. The lowest BCUT2D eigenvalue weighted by Gasteiger charge is -2.14. The summed E-state index contributed by atoms with van der Waals surface area (Å²) < 4.78 is 11.0. The molecular weight excluding hydrogens is 378 g/mol. The first-order valence-corrected chi connectivity index (χ1v) is 9.61. The van der Waals surface area contributed by atoms with Gasteiger partial charge in [0.25, 0.3) is 0 Å². The summed E-state index contributed by atoms with van der Waals surface area (Å²) in [7, 11) is 0. The summed E-state index contributed by atoms with van der Waals surface area (Å²) in [6.45, 7) is 1.35. The van der Waals surface area contributed by atoms with Gasteiger partial charge in [0, 0.05) is 18.2 Å². The largest absolute Gasteiger partial charge is 0.458 e. The van der Waals surface area contributed by atoms with E-state index in [1.807, 2.05) is 48.5 Å². The molecule has 4 rings (SSSR count). The third-order valence-corrected chi connectivity index (χ3v) is 4.96. The number of carbonyl (C=O) groups excluding carboxylic acids is 1. The Morgan fingerprint density at radius 2 is 1.89 bits per heavy atom. The van der Waals surface area contributed by atoms with Crippen molar-refractivity contribution in [3.63, 3.8) is 0 Å². The average molecular weight is 398 g/mol. The van der Waals surface area contributed by atoms with E-state index in [2.05, 4.69) is 15.3 Å². The topological polar surface area (TPSA) is 73.3 Å². The summed E-state index contributed by atoms with van der Waals surface area (Å²) in [6, 6.07) is 14.9. The molecule has 1 aromatic heterocycles. The maximum absolute atomic E-state index is 12.7. The van der Waals surface area contributed by atoms with Crippen molar-refractivity contribution in [2.75, 3.05) is 18.5 Å². The van der Waals surface area contributed by atoms with Crippen molar-refractivity contribution >= 4 is 34.4 Å². The van der Waals surface area contributed by atoms with Crippen molar-refractivity contribution in [1.82, 2.24) is 9.97 Å². The number of ether oxygens (including phenoxy) is 2. The van der Waals surface area contributed by atoms with Gasteiger partial charge in [0.2, 0.25) is 0 Å². The standard InChI is InChI=1S/C21H20ClN3O3/c22-16-8-2-1-6-14(16)12-23-20-19(21(26)28-13-15-7-5-11-27-15)24-17-9-3-4-10-18(17)25-20/h1-4,6,8-10,15H,5,7,11-13H2,(H,23,25)/t15-/m1/s1. The average Bonchev–Trinajstić information content (AvgIpc) is 3.24. The van der Waals surface area contributed by atoms with Gasteiger partial charge in [-0.05, 0) is 36.6 Å². The zero-order chi connectivity index (χ0) is 19.3. The maximum Gasteiger partial charge on any atom is 0.360 e. The number of halogens is 1. The number of fused-ring (bicyclic) bond motifs is 1. The molecule has 3 aromatic rings. The maximum atomic E-state index is 12.7. The van der Waals surface area contributed by atoms with Crippen LogP contribution in [0.1, 0.15) is 28.9 Å². The Balaban J connectivity index is 1.58. The molecule has 7 heteroatoms. The van der Waals surface area contributed by atoms with Gasteiger partial charge in [-0.3, -0.25) is 0 Å². The minimum absolute atomic E-state index is 0.0445. The lowest BCUT2D eigenvalue weighted by Crippen LogP contribution is -2.20. The van der Waals surface area contributed by atoms with Crippen molar-refractivity contribution in [2.24, 2.45) is 0 Å². The van der Waals surface area contributed by atoms with Crippen molar-refractivity contribution < 1.29 is 14.3 Å². The van der Waals surface area contributed by atoms with Gasteiger partial charge in [-0.25, -0.2) is 14.8 Å². The molecule has 1 atom stereocenters. The molecule has 2 heterocycles. The van der Waals surface area contributed by atoms with E-state index in [0.717, 1.165) is 18.4 Å². The Bertz CT molecular complexity index is 990. The van der Waals surface area contributed by atoms with Crippen LogP contribution in [-0.4, -0.2) is 35.3 Å². The van der Waals surface area contributed by atoms with Crippen LogP contribution in [0.25, 0.3) is 11.0 Å². The number of anilines is 1. The van der Waals surface area contributed by atoms with E-state index < -0.39 is 5.97 Å². The first-order chi connectivity index (χ1) is 13.7. The molecule has 28 heavy (non-hydrogen) atoms. The van der Waals surface area contributed by atoms with E-state index in [4.69, 9.17) is 21.1 Å². The molecule has 0 amide bonds. The van der Waals surface area contributed by atoms with Gasteiger partial charge in [0.15, 0.2) is 11.5 Å². The van der Waals surface area contributed by atoms with Crippen LogP contribution in [0.2, 0.25) is 5.02 Å². The van der Waals surface area contributed by atoms with Crippen LogP contribution in [-0.2, 0) is 16.0 Å². The summed E-state index contributed by atoms with van der Waals surface area (Å²) in [6.07, 6.45) is 1.84. The predicted octanol–water partition coefficient (Wildman–Crippen LogP) is 4.23. The van der Waals surface area contributed by atoms with Gasteiger partial charge in [-0.2, -0.15) is 0 Å². The molecule has 144 valence electrons. The number of rotatable bonds is 6. The van der Waals surface area contributed by atoms with E-state index in [0.29, 0.717) is 35.0 Å². The number of nitrogens with zero attached hydrogens (tertiary/aromatic N) is 2. The lowest BCUT2D eigenvalue weighted by molar-refractivity contribution is 0.0157. The molecule has 1 fully saturated rings. The first-order valence-electron chi connectivity index (χ1n) is 9.23. The highest BCUT2D eigenvalue weighted by Crippen LogP contribution is 2.21. The molecule has 1 saturated heterocycles. The molecule has 0 bridgehead atoms. The fourth-order valence-corrected chi connectivity index (χ4v) is 3.30. The number of benzene rings is 2. The zero-order valence-electron chi connectivity index (χ0n) is 15.2. The number of nitrogens with one attached hydrogen (secondary N) is 1. The predicted molar refractivity (Wildman–Crippen MR) is 108 cm³/mol. The van der Waals surface area contributed by atoms with E-state index in [-0.39, 0.29) is 18.4 Å². The normalized spacial score (nSPS) is 16.2. The van der Waals surface area contributed by atoms with Gasteiger partial charge < -0.3 is 14.8 Å². The molecule has 1 N–H and O–H groups in total. The molecule has 0 unspecified atom stereocenters. The minimum Gasteiger partial charge on any atom is -0.458 e. The fourth-order valence-electron chi connectivity index (χ4n) is 3.10. The van der Waals surface area contributed by atoms with E-state index in [1.54, 1.807) is 0 Å². The van der Waals surface area contributed by atoms with Gasteiger partial charge in [-0.1, -0.05) is 41.9 Å². The van der Waals surface area contributed by atoms with Crippen molar-refractivity contribution in [3.8, 4) is 0 Å².